The summed E-state index contributed by atoms with van der Waals surface area (Å²) in [4.78, 5) is 23.1. The second-order valence-electron chi connectivity index (χ2n) is 6.69. The molecule has 0 atom stereocenters. The van der Waals surface area contributed by atoms with E-state index >= 15 is 0 Å². The summed E-state index contributed by atoms with van der Waals surface area (Å²) in [6, 6.07) is 7.98. The monoisotopic (exact) mass is 388 g/mol. The Morgan fingerprint density at radius 3 is 2.70 bits per heavy atom. The van der Waals surface area contributed by atoms with E-state index in [1.165, 1.54) is 11.8 Å². The number of unbranched alkanes of at least 4 members (excludes halogenated alkanes) is 1. The lowest BCUT2D eigenvalue weighted by atomic mass is 10.2. The maximum atomic E-state index is 12.4. The molecule has 1 aromatic carbocycles. The Balaban J connectivity index is 1.41. The third-order valence-corrected chi connectivity index (χ3v) is 4.76. The molecule has 0 aliphatic carbocycles. The molecule has 1 aromatic heterocycles. The maximum absolute atomic E-state index is 12.4. The standard InChI is InChI=1S/C20H25ClN4O2/c1-15-6-8-16(9-7-15)27-13-5-2-10-22-19(26)18-17(21)14-23-20(24-18)25-11-3-4-12-25/h6-9,14H,2-5,10-13H2,1H3,(H,22,26). The molecule has 0 unspecified atom stereocenters. The van der Waals surface area contributed by atoms with Crippen molar-refractivity contribution in [3.63, 3.8) is 0 Å². The number of carbonyl (C=O) groups is 1. The van der Waals surface area contributed by atoms with Gasteiger partial charge in [0.1, 0.15) is 5.75 Å². The molecule has 2 aromatic rings. The van der Waals surface area contributed by atoms with E-state index in [0.717, 1.165) is 44.5 Å². The minimum Gasteiger partial charge on any atom is -0.494 e. The number of ether oxygens (including phenoxy) is 1. The molecule has 27 heavy (non-hydrogen) atoms. The van der Waals surface area contributed by atoms with E-state index in [-0.39, 0.29) is 16.6 Å². The van der Waals surface area contributed by atoms with Gasteiger partial charge in [-0.25, -0.2) is 9.97 Å². The lowest BCUT2D eigenvalue weighted by Gasteiger charge is -2.16. The molecule has 0 saturated carbocycles. The summed E-state index contributed by atoms with van der Waals surface area (Å²) >= 11 is 6.11. The number of rotatable bonds is 8. The van der Waals surface area contributed by atoms with Gasteiger partial charge < -0.3 is 15.0 Å². The Hall–Kier alpha value is -2.34. The van der Waals surface area contributed by atoms with Crippen LogP contribution in [-0.2, 0) is 0 Å². The quantitative estimate of drug-likeness (QED) is 0.699. The normalized spacial score (nSPS) is 13.6. The van der Waals surface area contributed by atoms with E-state index in [1.807, 2.05) is 31.2 Å². The minimum atomic E-state index is -0.262. The smallest absolute Gasteiger partial charge is 0.271 e. The Morgan fingerprint density at radius 1 is 1.22 bits per heavy atom. The van der Waals surface area contributed by atoms with Crippen LogP contribution in [0.15, 0.2) is 30.5 Å². The Morgan fingerprint density at radius 2 is 1.96 bits per heavy atom. The predicted octanol–water partition coefficient (Wildman–Crippen LogP) is 3.63. The van der Waals surface area contributed by atoms with Crippen LogP contribution >= 0.6 is 11.6 Å². The van der Waals surface area contributed by atoms with Crippen molar-refractivity contribution < 1.29 is 9.53 Å². The summed E-state index contributed by atoms with van der Waals surface area (Å²) in [6.07, 6.45) is 5.42. The zero-order valence-electron chi connectivity index (χ0n) is 15.6. The van der Waals surface area contributed by atoms with Crippen LogP contribution < -0.4 is 15.0 Å². The van der Waals surface area contributed by atoms with E-state index in [0.29, 0.717) is 19.1 Å². The third kappa shape index (κ3) is 5.57. The molecule has 1 aliphatic heterocycles. The van der Waals surface area contributed by atoms with Gasteiger partial charge in [0.05, 0.1) is 17.8 Å². The number of nitrogens with zero attached hydrogens (tertiary/aromatic N) is 3. The number of hydrogen-bond donors (Lipinski definition) is 1. The molecule has 1 amide bonds. The molecule has 7 heteroatoms. The number of nitrogens with one attached hydrogen (secondary N) is 1. The zero-order valence-corrected chi connectivity index (χ0v) is 16.3. The van der Waals surface area contributed by atoms with Gasteiger partial charge in [-0.05, 0) is 44.7 Å². The van der Waals surface area contributed by atoms with Crippen LogP contribution in [0.2, 0.25) is 5.02 Å². The summed E-state index contributed by atoms with van der Waals surface area (Å²) in [6.45, 7) is 5.06. The molecular formula is C20H25ClN4O2. The van der Waals surface area contributed by atoms with E-state index in [1.54, 1.807) is 0 Å². The van der Waals surface area contributed by atoms with Crippen LogP contribution in [0.5, 0.6) is 5.75 Å². The molecule has 0 bridgehead atoms. The van der Waals surface area contributed by atoms with Crippen LogP contribution in [0, 0.1) is 6.92 Å². The van der Waals surface area contributed by atoms with Crippen molar-refractivity contribution in [2.24, 2.45) is 0 Å². The average Bonchev–Trinajstić information content (AvgIpc) is 3.21. The number of anilines is 1. The molecule has 6 nitrogen and oxygen atoms in total. The van der Waals surface area contributed by atoms with Crippen LogP contribution in [-0.4, -0.2) is 42.1 Å². The van der Waals surface area contributed by atoms with Crippen molar-refractivity contribution in [2.75, 3.05) is 31.1 Å². The highest BCUT2D eigenvalue weighted by molar-refractivity contribution is 6.33. The van der Waals surface area contributed by atoms with E-state index in [4.69, 9.17) is 16.3 Å². The molecule has 1 fully saturated rings. The van der Waals surface area contributed by atoms with Crippen molar-refractivity contribution >= 4 is 23.5 Å². The molecule has 1 aliphatic rings. The number of benzene rings is 1. The average molecular weight is 389 g/mol. The van der Waals surface area contributed by atoms with Crippen molar-refractivity contribution in [3.8, 4) is 5.75 Å². The van der Waals surface area contributed by atoms with Crippen LogP contribution in [0.1, 0.15) is 41.7 Å². The Labute approximate surface area is 164 Å². The largest absolute Gasteiger partial charge is 0.494 e. The van der Waals surface area contributed by atoms with Crippen LogP contribution in [0.4, 0.5) is 5.95 Å². The highest BCUT2D eigenvalue weighted by Crippen LogP contribution is 2.19. The lowest BCUT2D eigenvalue weighted by Crippen LogP contribution is -2.28. The van der Waals surface area contributed by atoms with Gasteiger partial charge in [-0.3, -0.25) is 4.79 Å². The lowest BCUT2D eigenvalue weighted by molar-refractivity contribution is 0.0947. The first-order chi connectivity index (χ1) is 13.1. The second-order valence-corrected chi connectivity index (χ2v) is 7.09. The van der Waals surface area contributed by atoms with Crippen LogP contribution in [0.25, 0.3) is 0 Å². The summed E-state index contributed by atoms with van der Waals surface area (Å²) in [5.74, 6) is 1.18. The third-order valence-electron chi connectivity index (χ3n) is 4.48. The van der Waals surface area contributed by atoms with Gasteiger partial charge in [-0.15, -0.1) is 0 Å². The predicted molar refractivity (Wildman–Crippen MR) is 107 cm³/mol. The molecule has 0 spiro atoms. The summed E-state index contributed by atoms with van der Waals surface area (Å²) in [7, 11) is 0. The number of amides is 1. The van der Waals surface area contributed by atoms with Gasteiger partial charge in [0.2, 0.25) is 5.95 Å². The van der Waals surface area contributed by atoms with Crippen molar-refractivity contribution in [3.05, 3.63) is 46.7 Å². The van der Waals surface area contributed by atoms with Crippen molar-refractivity contribution in [1.82, 2.24) is 15.3 Å². The minimum absolute atomic E-state index is 0.240. The first kappa shape index (κ1) is 19.4. The van der Waals surface area contributed by atoms with E-state index in [9.17, 15) is 4.79 Å². The first-order valence-electron chi connectivity index (χ1n) is 9.38. The number of carbonyl (C=O) groups excluding carboxylic acids is 1. The number of halogens is 1. The maximum Gasteiger partial charge on any atom is 0.271 e. The van der Waals surface area contributed by atoms with Crippen LogP contribution in [0.3, 0.4) is 0 Å². The Bertz CT molecular complexity index is 761. The first-order valence-corrected chi connectivity index (χ1v) is 9.76. The zero-order chi connectivity index (χ0) is 19.1. The number of aryl methyl sites for hydroxylation is 1. The fraction of sp³-hybridized carbons (Fsp3) is 0.450. The molecule has 3 rings (SSSR count). The van der Waals surface area contributed by atoms with Gasteiger partial charge in [-0.1, -0.05) is 29.3 Å². The second kappa shape index (κ2) is 9.55. The van der Waals surface area contributed by atoms with Gasteiger partial charge in [0, 0.05) is 19.6 Å². The Kier molecular flexibility index (Phi) is 6.87. The van der Waals surface area contributed by atoms with E-state index in [2.05, 4.69) is 20.2 Å². The summed E-state index contributed by atoms with van der Waals surface area (Å²) in [5.41, 5.74) is 1.45. The van der Waals surface area contributed by atoms with Gasteiger partial charge >= 0.3 is 0 Å². The summed E-state index contributed by atoms with van der Waals surface area (Å²) < 4.78 is 5.68. The highest BCUT2D eigenvalue weighted by atomic mass is 35.5. The van der Waals surface area contributed by atoms with Crippen molar-refractivity contribution in [1.29, 1.82) is 0 Å². The molecule has 0 radical (unpaired) electrons. The van der Waals surface area contributed by atoms with Gasteiger partial charge in [0.15, 0.2) is 5.69 Å². The molecular weight excluding hydrogens is 364 g/mol. The number of aromatic nitrogens is 2. The topological polar surface area (TPSA) is 67.3 Å². The van der Waals surface area contributed by atoms with Gasteiger partial charge in [0.25, 0.3) is 5.91 Å². The van der Waals surface area contributed by atoms with Crippen molar-refractivity contribution in [2.45, 2.75) is 32.6 Å². The molecule has 1 saturated heterocycles. The molecule has 144 valence electrons. The molecule has 1 N–H and O–H groups in total. The SMILES string of the molecule is Cc1ccc(OCCCCNC(=O)c2nc(N3CCCC3)ncc2Cl)cc1. The highest BCUT2D eigenvalue weighted by Gasteiger charge is 2.19. The van der Waals surface area contributed by atoms with Gasteiger partial charge in [-0.2, -0.15) is 0 Å². The molecule has 2 heterocycles. The van der Waals surface area contributed by atoms with E-state index < -0.39 is 0 Å². The fourth-order valence-corrected chi connectivity index (χ4v) is 3.10. The summed E-state index contributed by atoms with van der Waals surface area (Å²) in [5, 5.41) is 3.15. The fourth-order valence-electron chi connectivity index (χ4n) is 2.92. The number of hydrogen-bond acceptors (Lipinski definition) is 5.